The summed E-state index contributed by atoms with van der Waals surface area (Å²) in [6.07, 6.45) is 0. The monoisotopic (exact) mass is 330 g/mol. The lowest BCUT2D eigenvalue weighted by Crippen LogP contribution is -2.42. The first-order chi connectivity index (χ1) is 11.7. The molecule has 0 aliphatic carbocycles. The van der Waals surface area contributed by atoms with Gasteiger partial charge in [0.2, 0.25) is 11.8 Å². The van der Waals surface area contributed by atoms with Crippen molar-refractivity contribution in [2.24, 2.45) is 0 Å². The van der Waals surface area contributed by atoms with Crippen LogP contribution in [0.2, 0.25) is 0 Å². The maximum atomic E-state index is 11.3. The van der Waals surface area contributed by atoms with Crippen LogP contribution in [0.5, 0.6) is 0 Å². The van der Waals surface area contributed by atoms with E-state index in [0.717, 1.165) is 21.6 Å². The van der Waals surface area contributed by atoms with E-state index in [1.807, 2.05) is 10.6 Å². The van der Waals surface area contributed by atoms with Gasteiger partial charge in [0.25, 0.3) is 0 Å². The molecule has 0 heterocycles. The van der Waals surface area contributed by atoms with Gasteiger partial charge in [0.05, 0.1) is 0 Å². The van der Waals surface area contributed by atoms with E-state index in [4.69, 9.17) is 18.4 Å². The fourth-order valence-corrected chi connectivity index (χ4v) is 3.21. The normalized spacial score (nSPS) is 18.8. The third kappa shape index (κ3) is 8.64. The Morgan fingerprint density at radius 2 is 1.30 bits per heavy atom. The van der Waals surface area contributed by atoms with E-state index in [9.17, 15) is 19.2 Å². The zero-order valence-electron chi connectivity index (χ0n) is 15.9. The van der Waals surface area contributed by atoms with Crippen LogP contribution in [-0.4, -0.2) is 57.6 Å². The average Bonchev–Trinajstić information content (AvgIpc) is 2.45. The standard InChI is InChI=1S/C10H16N2O6S2/c1-5(13)11-7(9(15)16)3-19-20-4-8(10(17)18)12-6(2)14/h7-8H,3-4H2,1-2H3,(H,11,13)(H,12,14)(H,15,16)(H,17,18)/t7-,8-/m0/s1/i1D3,2D3. The van der Waals surface area contributed by atoms with Gasteiger partial charge in [-0.15, -0.1) is 0 Å². The van der Waals surface area contributed by atoms with Crippen molar-refractivity contribution >= 4 is 45.3 Å². The molecule has 0 aromatic rings. The van der Waals surface area contributed by atoms with Gasteiger partial charge in [0.15, 0.2) is 0 Å². The Labute approximate surface area is 131 Å². The van der Waals surface area contributed by atoms with E-state index in [0.29, 0.717) is 0 Å². The Morgan fingerprint density at radius 1 is 0.950 bits per heavy atom. The predicted molar refractivity (Wildman–Crippen MR) is 75.4 cm³/mol. The highest BCUT2D eigenvalue weighted by Crippen LogP contribution is 2.23. The average molecular weight is 330 g/mol. The highest BCUT2D eigenvalue weighted by molar-refractivity contribution is 8.76. The molecule has 0 aliphatic heterocycles. The fourth-order valence-electron chi connectivity index (χ4n) is 0.898. The second-order valence-electron chi connectivity index (χ2n) is 3.30. The third-order valence-electron chi connectivity index (χ3n) is 1.76. The van der Waals surface area contributed by atoms with Crippen molar-refractivity contribution in [1.82, 2.24) is 10.6 Å². The van der Waals surface area contributed by atoms with Gasteiger partial charge in [-0.1, -0.05) is 21.6 Å². The van der Waals surface area contributed by atoms with E-state index in [-0.39, 0.29) is 11.5 Å². The number of carboxylic acids is 2. The Kier molecular flexibility index (Phi) is 4.89. The highest BCUT2D eigenvalue weighted by atomic mass is 33.1. The molecular weight excluding hydrogens is 308 g/mol. The first-order valence-electron chi connectivity index (χ1n) is 7.98. The number of aliphatic carboxylic acids is 2. The molecule has 114 valence electrons. The van der Waals surface area contributed by atoms with Crippen LogP contribution in [0.1, 0.15) is 21.9 Å². The van der Waals surface area contributed by atoms with Crippen LogP contribution >= 0.6 is 21.6 Å². The van der Waals surface area contributed by atoms with Crippen molar-refractivity contribution in [2.45, 2.75) is 25.8 Å². The van der Waals surface area contributed by atoms with Gasteiger partial charge in [-0.2, -0.15) is 0 Å². The fraction of sp³-hybridized carbons (Fsp3) is 0.600. The molecule has 0 saturated carbocycles. The Balaban J connectivity index is 4.57. The molecule has 2 amide bonds. The predicted octanol–water partition coefficient (Wildman–Crippen LogP) is -0.454. The van der Waals surface area contributed by atoms with Crippen molar-refractivity contribution in [1.29, 1.82) is 0 Å². The molecule has 0 unspecified atom stereocenters. The SMILES string of the molecule is [2H]C([2H])([2H])C(=O)N[C@@H](CSSC[C@H](NC(=O)C([2H])([2H])[2H])C(=O)O)C(=O)O. The van der Waals surface area contributed by atoms with Crippen LogP contribution in [0.4, 0.5) is 0 Å². The first-order valence-corrected chi connectivity index (χ1v) is 7.47. The summed E-state index contributed by atoms with van der Waals surface area (Å²) < 4.78 is 41.2. The molecule has 0 fully saturated rings. The van der Waals surface area contributed by atoms with E-state index >= 15 is 0 Å². The van der Waals surface area contributed by atoms with Crippen molar-refractivity contribution < 1.29 is 37.6 Å². The van der Waals surface area contributed by atoms with Gasteiger partial charge in [0.1, 0.15) is 12.1 Å². The van der Waals surface area contributed by atoms with E-state index in [1.54, 1.807) is 0 Å². The van der Waals surface area contributed by atoms with Crippen molar-refractivity contribution in [3.05, 3.63) is 0 Å². The van der Waals surface area contributed by atoms with E-state index < -0.39 is 49.5 Å². The number of hydrogen-bond donors (Lipinski definition) is 4. The van der Waals surface area contributed by atoms with Gasteiger partial charge in [-0.25, -0.2) is 9.59 Å². The van der Waals surface area contributed by atoms with E-state index in [2.05, 4.69) is 0 Å². The van der Waals surface area contributed by atoms with Gasteiger partial charge in [0, 0.05) is 33.4 Å². The molecule has 20 heavy (non-hydrogen) atoms. The molecule has 0 radical (unpaired) electrons. The number of carbonyl (C=O) groups excluding carboxylic acids is 2. The number of amides is 2. The quantitative estimate of drug-likeness (QED) is 0.330. The minimum atomic E-state index is -3.01. The summed E-state index contributed by atoms with van der Waals surface area (Å²) >= 11 is 0. The zero-order chi connectivity index (χ0) is 20.7. The summed E-state index contributed by atoms with van der Waals surface area (Å²) in [5, 5.41) is 21.6. The van der Waals surface area contributed by atoms with Crippen LogP contribution in [0, 0.1) is 0 Å². The molecule has 0 rings (SSSR count). The van der Waals surface area contributed by atoms with Crippen molar-refractivity contribution in [3.8, 4) is 0 Å². The van der Waals surface area contributed by atoms with Crippen LogP contribution < -0.4 is 10.6 Å². The van der Waals surface area contributed by atoms with Crippen molar-refractivity contribution in [3.63, 3.8) is 0 Å². The summed E-state index contributed by atoms with van der Waals surface area (Å²) in [6, 6.07) is -3.05. The Bertz CT molecular complexity index is 507. The largest absolute Gasteiger partial charge is 0.480 e. The molecule has 0 spiro atoms. The summed E-state index contributed by atoms with van der Waals surface area (Å²) in [5.74, 6) is -6.43. The Morgan fingerprint density at radius 3 is 1.55 bits per heavy atom. The molecule has 0 saturated heterocycles. The summed E-state index contributed by atoms with van der Waals surface area (Å²) in [5.41, 5.74) is 0. The van der Waals surface area contributed by atoms with Gasteiger partial charge < -0.3 is 20.8 Å². The minimum absolute atomic E-state index is 0.290. The lowest BCUT2D eigenvalue weighted by atomic mass is 10.3. The van der Waals surface area contributed by atoms with Gasteiger partial charge in [-0.3, -0.25) is 9.59 Å². The molecule has 4 N–H and O–H groups in total. The summed E-state index contributed by atoms with van der Waals surface area (Å²) in [4.78, 5) is 44.6. The first kappa shape index (κ1) is 10.3. The van der Waals surface area contributed by atoms with Gasteiger partial charge >= 0.3 is 11.9 Å². The van der Waals surface area contributed by atoms with Crippen LogP contribution in [0.15, 0.2) is 0 Å². The van der Waals surface area contributed by atoms with Crippen LogP contribution in [0.25, 0.3) is 0 Å². The number of carboxylic acid groups (broad SMARTS) is 2. The molecule has 10 heteroatoms. The lowest BCUT2D eigenvalue weighted by Gasteiger charge is -2.14. The second-order valence-corrected chi connectivity index (χ2v) is 5.85. The third-order valence-corrected chi connectivity index (χ3v) is 4.18. The van der Waals surface area contributed by atoms with Gasteiger partial charge in [-0.05, 0) is 0 Å². The molecule has 0 bridgehead atoms. The number of carbonyl (C=O) groups is 4. The Hall–Kier alpha value is -1.42. The van der Waals surface area contributed by atoms with Crippen LogP contribution in [-0.2, 0) is 19.2 Å². The highest BCUT2D eigenvalue weighted by Gasteiger charge is 2.21. The molecule has 0 aliphatic rings. The number of hydrogen-bond acceptors (Lipinski definition) is 6. The second kappa shape index (κ2) is 9.48. The molecule has 2 atom stereocenters. The topological polar surface area (TPSA) is 133 Å². The van der Waals surface area contributed by atoms with E-state index in [1.165, 1.54) is 0 Å². The molecule has 0 aromatic heterocycles. The molecular formula is C10H16N2O6S2. The number of rotatable bonds is 9. The van der Waals surface area contributed by atoms with Crippen LogP contribution in [0.3, 0.4) is 0 Å². The summed E-state index contributed by atoms with van der Waals surface area (Å²) in [7, 11) is 1.61. The summed E-state index contributed by atoms with van der Waals surface area (Å²) in [6.45, 7) is -6.03. The smallest absolute Gasteiger partial charge is 0.327 e. The minimum Gasteiger partial charge on any atom is -0.480 e. The number of nitrogens with one attached hydrogen (secondary N) is 2. The van der Waals surface area contributed by atoms with Crippen molar-refractivity contribution in [2.75, 3.05) is 11.5 Å². The molecule has 0 aromatic carbocycles. The maximum absolute atomic E-state index is 11.3. The lowest BCUT2D eigenvalue weighted by molar-refractivity contribution is -0.141. The molecule has 8 nitrogen and oxygen atoms in total. The maximum Gasteiger partial charge on any atom is 0.327 e. The zero-order valence-corrected chi connectivity index (χ0v) is 11.5.